The summed E-state index contributed by atoms with van der Waals surface area (Å²) in [6, 6.07) is 10.6. The van der Waals surface area contributed by atoms with Gasteiger partial charge in [0.25, 0.3) is 0 Å². The predicted molar refractivity (Wildman–Crippen MR) is 90.5 cm³/mol. The molecule has 2 aromatic carbocycles. The van der Waals surface area contributed by atoms with Crippen molar-refractivity contribution in [2.45, 2.75) is 19.3 Å². The maximum Gasteiger partial charge on any atom is 0.338 e. The van der Waals surface area contributed by atoms with Crippen LogP contribution in [0.1, 0.15) is 38.3 Å². The molecular weight excluding hydrogens is 320 g/mol. The fraction of sp³-hybridized carbons (Fsp3) is 0.300. The lowest BCUT2D eigenvalue weighted by atomic mass is 10.0. The van der Waals surface area contributed by atoms with E-state index in [2.05, 4.69) is 0 Å². The average molecular weight is 338 g/mol. The van der Waals surface area contributed by atoms with Crippen LogP contribution in [0.25, 0.3) is 0 Å². The van der Waals surface area contributed by atoms with Crippen LogP contribution in [0, 0.1) is 0 Å². The van der Waals surface area contributed by atoms with Gasteiger partial charge in [-0.1, -0.05) is 12.1 Å². The van der Waals surface area contributed by atoms with Gasteiger partial charge in [0.05, 0.1) is 5.56 Å². The third-order valence-electron chi connectivity index (χ3n) is 4.53. The Morgan fingerprint density at radius 1 is 0.880 bits per heavy atom. The van der Waals surface area contributed by atoms with Crippen molar-refractivity contribution in [3.8, 4) is 11.5 Å². The van der Waals surface area contributed by atoms with Gasteiger partial charge in [-0.25, -0.2) is 4.79 Å². The number of carbonyl (C=O) groups is 2. The van der Waals surface area contributed by atoms with Crippen molar-refractivity contribution in [1.82, 2.24) is 0 Å². The summed E-state index contributed by atoms with van der Waals surface area (Å²) in [5.41, 5.74) is 3.47. The van der Waals surface area contributed by atoms with Gasteiger partial charge in [0.2, 0.25) is 0 Å². The Balaban J connectivity index is 1.40. The highest BCUT2D eigenvalue weighted by Crippen LogP contribution is 2.31. The van der Waals surface area contributed by atoms with Crippen LogP contribution >= 0.6 is 0 Å². The van der Waals surface area contributed by atoms with Crippen LogP contribution < -0.4 is 9.47 Å². The molecule has 0 atom stereocenters. The minimum atomic E-state index is -0.550. The van der Waals surface area contributed by atoms with Crippen molar-refractivity contribution in [3.05, 3.63) is 58.7 Å². The van der Waals surface area contributed by atoms with E-state index in [0.717, 1.165) is 19.3 Å². The van der Waals surface area contributed by atoms with E-state index < -0.39 is 5.97 Å². The Hall–Kier alpha value is -2.82. The predicted octanol–water partition coefficient (Wildman–Crippen LogP) is 2.99. The lowest BCUT2D eigenvalue weighted by molar-refractivity contribution is 0.0474. The van der Waals surface area contributed by atoms with E-state index in [1.54, 1.807) is 18.2 Å². The molecule has 128 valence electrons. The van der Waals surface area contributed by atoms with Gasteiger partial charge in [0, 0.05) is 5.56 Å². The number of fused-ring (bicyclic) bond motifs is 2. The highest BCUT2D eigenvalue weighted by Gasteiger charge is 2.18. The molecule has 1 aliphatic carbocycles. The maximum atomic E-state index is 12.3. The molecule has 0 aromatic heterocycles. The molecule has 0 unspecified atom stereocenters. The fourth-order valence-corrected chi connectivity index (χ4v) is 3.21. The van der Waals surface area contributed by atoms with E-state index in [1.165, 1.54) is 11.1 Å². The Kier molecular flexibility index (Phi) is 4.14. The van der Waals surface area contributed by atoms with Crippen LogP contribution in [0.4, 0.5) is 0 Å². The Labute approximate surface area is 145 Å². The summed E-state index contributed by atoms with van der Waals surface area (Å²) in [4.78, 5) is 24.5. The van der Waals surface area contributed by atoms with Crippen molar-refractivity contribution in [2.24, 2.45) is 0 Å². The standard InChI is InChI=1S/C20H18O5/c21-17(15-5-4-13-2-1-3-14(13)10-15)12-25-20(22)16-6-7-18-19(11-16)24-9-8-23-18/h4-7,10-11H,1-3,8-9,12H2. The Morgan fingerprint density at radius 3 is 2.52 bits per heavy atom. The summed E-state index contributed by atoms with van der Waals surface area (Å²) in [5, 5.41) is 0. The summed E-state index contributed by atoms with van der Waals surface area (Å²) in [6.07, 6.45) is 3.21. The smallest absolute Gasteiger partial charge is 0.338 e. The second kappa shape index (κ2) is 6.59. The van der Waals surface area contributed by atoms with Crippen molar-refractivity contribution in [1.29, 1.82) is 0 Å². The van der Waals surface area contributed by atoms with Crippen LogP contribution in [0.2, 0.25) is 0 Å². The highest BCUT2D eigenvalue weighted by molar-refractivity contribution is 5.99. The summed E-state index contributed by atoms with van der Waals surface area (Å²) < 4.78 is 16.0. The largest absolute Gasteiger partial charge is 0.486 e. The number of Topliss-reactive ketones (excluding diaryl/α,β-unsaturated/α-hetero) is 1. The minimum Gasteiger partial charge on any atom is -0.486 e. The van der Waals surface area contributed by atoms with E-state index in [-0.39, 0.29) is 12.4 Å². The molecule has 2 aliphatic rings. The molecule has 4 rings (SSSR count). The number of rotatable bonds is 4. The van der Waals surface area contributed by atoms with Crippen LogP contribution in [0.5, 0.6) is 11.5 Å². The number of ketones is 1. The van der Waals surface area contributed by atoms with E-state index >= 15 is 0 Å². The molecule has 1 heterocycles. The molecule has 25 heavy (non-hydrogen) atoms. The first-order valence-corrected chi connectivity index (χ1v) is 8.42. The second-order valence-electron chi connectivity index (χ2n) is 6.19. The van der Waals surface area contributed by atoms with E-state index in [1.807, 2.05) is 18.2 Å². The van der Waals surface area contributed by atoms with E-state index in [0.29, 0.717) is 35.8 Å². The molecule has 0 saturated carbocycles. The van der Waals surface area contributed by atoms with E-state index in [4.69, 9.17) is 14.2 Å². The number of aryl methyl sites for hydroxylation is 2. The lowest BCUT2D eigenvalue weighted by Gasteiger charge is -2.18. The lowest BCUT2D eigenvalue weighted by Crippen LogP contribution is -2.17. The third-order valence-corrected chi connectivity index (χ3v) is 4.53. The number of benzene rings is 2. The maximum absolute atomic E-state index is 12.3. The second-order valence-corrected chi connectivity index (χ2v) is 6.19. The van der Waals surface area contributed by atoms with Crippen molar-refractivity contribution >= 4 is 11.8 Å². The molecule has 1 aliphatic heterocycles. The Morgan fingerprint density at radius 2 is 1.64 bits per heavy atom. The van der Waals surface area contributed by atoms with Crippen molar-refractivity contribution < 1.29 is 23.8 Å². The topological polar surface area (TPSA) is 61.8 Å². The zero-order valence-corrected chi connectivity index (χ0v) is 13.7. The molecule has 5 nitrogen and oxygen atoms in total. The average Bonchev–Trinajstić information content (AvgIpc) is 3.13. The molecule has 0 spiro atoms. The van der Waals surface area contributed by atoms with Crippen molar-refractivity contribution in [3.63, 3.8) is 0 Å². The first-order chi connectivity index (χ1) is 12.2. The van der Waals surface area contributed by atoms with Gasteiger partial charge >= 0.3 is 5.97 Å². The zero-order chi connectivity index (χ0) is 17.2. The molecule has 5 heteroatoms. The molecule has 0 bridgehead atoms. The van der Waals surface area contributed by atoms with Crippen LogP contribution in [0.15, 0.2) is 36.4 Å². The summed E-state index contributed by atoms with van der Waals surface area (Å²) >= 11 is 0. The molecule has 0 fully saturated rings. The van der Waals surface area contributed by atoms with Crippen LogP contribution in [-0.2, 0) is 17.6 Å². The van der Waals surface area contributed by atoms with Gasteiger partial charge in [0.1, 0.15) is 13.2 Å². The summed E-state index contributed by atoms with van der Waals surface area (Å²) in [6.45, 7) is 0.667. The fourth-order valence-electron chi connectivity index (χ4n) is 3.21. The molecule has 0 saturated heterocycles. The number of esters is 1. The normalized spacial score (nSPS) is 14.7. The number of carbonyl (C=O) groups excluding carboxylic acids is 2. The molecular formula is C20H18O5. The molecule has 0 N–H and O–H groups in total. The zero-order valence-electron chi connectivity index (χ0n) is 13.7. The molecule has 0 radical (unpaired) electrons. The van der Waals surface area contributed by atoms with Crippen molar-refractivity contribution in [2.75, 3.05) is 19.8 Å². The van der Waals surface area contributed by atoms with E-state index in [9.17, 15) is 9.59 Å². The summed E-state index contributed by atoms with van der Waals surface area (Å²) in [7, 11) is 0. The van der Waals surface area contributed by atoms with Crippen LogP contribution in [0.3, 0.4) is 0 Å². The van der Waals surface area contributed by atoms with Gasteiger partial charge in [0.15, 0.2) is 23.9 Å². The minimum absolute atomic E-state index is 0.194. The monoisotopic (exact) mass is 338 g/mol. The first kappa shape index (κ1) is 15.7. The van der Waals surface area contributed by atoms with Gasteiger partial charge in [-0.2, -0.15) is 0 Å². The number of hydrogen-bond donors (Lipinski definition) is 0. The first-order valence-electron chi connectivity index (χ1n) is 8.42. The number of ether oxygens (including phenoxy) is 3. The highest BCUT2D eigenvalue weighted by atomic mass is 16.6. The van der Waals surface area contributed by atoms with Gasteiger partial charge in [-0.05, 0) is 54.7 Å². The SMILES string of the molecule is O=C(COC(=O)c1ccc2c(c1)OCCO2)c1ccc2c(c1)CCC2. The molecule has 0 amide bonds. The third kappa shape index (κ3) is 3.22. The molecule has 2 aromatic rings. The van der Waals surface area contributed by atoms with Gasteiger partial charge < -0.3 is 14.2 Å². The van der Waals surface area contributed by atoms with Gasteiger partial charge in [-0.3, -0.25) is 4.79 Å². The van der Waals surface area contributed by atoms with Crippen LogP contribution in [-0.4, -0.2) is 31.6 Å². The Bertz CT molecular complexity index is 840. The number of hydrogen-bond acceptors (Lipinski definition) is 5. The van der Waals surface area contributed by atoms with Gasteiger partial charge in [-0.15, -0.1) is 0 Å². The summed E-state index contributed by atoms with van der Waals surface area (Å²) in [5.74, 6) is 0.384. The quantitative estimate of drug-likeness (QED) is 0.633.